The Balaban J connectivity index is 2.18. The number of aliphatic carboxylic acids is 1. The van der Waals surface area contributed by atoms with E-state index in [1.165, 1.54) is 0 Å². The molecule has 0 unspecified atom stereocenters. The van der Waals surface area contributed by atoms with E-state index >= 15 is 0 Å². The van der Waals surface area contributed by atoms with Crippen molar-refractivity contribution >= 4 is 17.1 Å². The van der Waals surface area contributed by atoms with Gasteiger partial charge in [0.15, 0.2) is 11.2 Å². The molecule has 1 aliphatic rings. The molecule has 2 aromatic heterocycles. The standard InChI is InChI=1S/C9H9N5O3/c15-5(16)3-14-8-6(12-13-14)9(17)11-7(10-8)4-1-2-4/h4H,1-3H2,(H,15,16)(H,10,11,17). The van der Waals surface area contributed by atoms with Crippen molar-refractivity contribution in [2.24, 2.45) is 0 Å². The lowest BCUT2D eigenvalue weighted by Gasteiger charge is -1.99. The highest BCUT2D eigenvalue weighted by molar-refractivity contribution is 5.72. The van der Waals surface area contributed by atoms with Gasteiger partial charge in [-0.1, -0.05) is 5.21 Å². The molecule has 0 bridgehead atoms. The Kier molecular flexibility index (Phi) is 1.97. The van der Waals surface area contributed by atoms with Crippen molar-refractivity contribution in [3.63, 3.8) is 0 Å². The lowest BCUT2D eigenvalue weighted by atomic mass is 10.4. The zero-order valence-corrected chi connectivity index (χ0v) is 8.75. The van der Waals surface area contributed by atoms with Crippen molar-refractivity contribution in [3.05, 3.63) is 16.2 Å². The van der Waals surface area contributed by atoms with E-state index in [4.69, 9.17) is 5.11 Å². The molecule has 0 aliphatic heterocycles. The maximum atomic E-state index is 11.7. The smallest absolute Gasteiger partial charge is 0.325 e. The first-order valence-corrected chi connectivity index (χ1v) is 5.20. The fourth-order valence-electron chi connectivity index (χ4n) is 1.67. The molecule has 2 aromatic rings. The summed E-state index contributed by atoms with van der Waals surface area (Å²) >= 11 is 0. The summed E-state index contributed by atoms with van der Waals surface area (Å²) in [7, 11) is 0. The van der Waals surface area contributed by atoms with Crippen LogP contribution in [-0.2, 0) is 11.3 Å². The Bertz CT molecular complexity index is 654. The van der Waals surface area contributed by atoms with E-state index in [1.54, 1.807) is 0 Å². The quantitative estimate of drug-likeness (QED) is 0.739. The first-order chi connectivity index (χ1) is 8.15. The van der Waals surface area contributed by atoms with Crippen molar-refractivity contribution in [3.8, 4) is 0 Å². The Hall–Kier alpha value is -2.25. The summed E-state index contributed by atoms with van der Waals surface area (Å²) in [6, 6.07) is 0. The van der Waals surface area contributed by atoms with E-state index in [9.17, 15) is 9.59 Å². The van der Waals surface area contributed by atoms with Gasteiger partial charge in [-0.25, -0.2) is 9.67 Å². The molecule has 8 heteroatoms. The van der Waals surface area contributed by atoms with Crippen LogP contribution in [0.2, 0.25) is 0 Å². The number of hydrogen-bond donors (Lipinski definition) is 2. The molecule has 1 saturated carbocycles. The number of carboxylic acid groups (broad SMARTS) is 1. The van der Waals surface area contributed by atoms with E-state index < -0.39 is 5.97 Å². The van der Waals surface area contributed by atoms with Crippen LogP contribution in [0.1, 0.15) is 24.6 Å². The number of carboxylic acids is 1. The van der Waals surface area contributed by atoms with Gasteiger partial charge in [-0.05, 0) is 12.8 Å². The highest BCUT2D eigenvalue weighted by Crippen LogP contribution is 2.37. The van der Waals surface area contributed by atoms with Crippen molar-refractivity contribution in [2.75, 3.05) is 0 Å². The van der Waals surface area contributed by atoms with E-state index in [0.717, 1.165) is 17.5 Å². The third kappa shape index (κ3) is 1.67. The minimum atomic E-state index is -1.05. The minimum absolute atomic E-state index is 0.0793. The average molecular weight is 235 g/mol. The highest BCUT2D eigenvalue weighted by atomic mass is 16.4. The molecule has 2 heterocycles. The summed E-state index contributed by atoms with van der Waals surface area (Å²) in [5.74, 6) is -0.177. The predicted octanol–water partition coefficient (Wildman–Crippen LogP) is -0.523. The molecule has 17 heavy (non-hydrogen) atoms. The van der Waals surface area contributed by atoms with Gasteiger partial charge in [-0.3, -0.25) is 9.59 Å². The summed E-state index contributed by atoms with van der Waals surface area (Å²) in [4.78, 5) is 29.2. The molecular formula is C9H9N5O3. The molecule has 2 N–H and O–H groups in total. The van der Waals surface area contributed by atoms with Crippen LogP contribution in [-0.4, -0.2) is 36.0 Å². The molecule has 0 aromatic carbocycles. The van der Waals surface area contributed by atoms with Crippen molar-refractivity contribution in [1.82, 2.24) is 25.0 Å². The molecule has 1 fully saturated rings. The van der Waals surface area contributed by atoms with Gasteiger partial charge in [0.25, 0.3) is 5.56 Å². The fraction of sp³-hybridized carbons (Fsp3) is 0.444. The molecule has 1 aliphatic carbocycles. The van der Waals surface area contributed by atoms with Gasteiger partial charge in [0.1, 0.15) is 12.4 Å². The largest absolute Gasteiger partial charge is 0.480 e. The van der Waals surface area contributed by atoms with Crippen LogP contribution in [0.3, 0.4) is 0 Å². The molecular weight excluding hydrogens is 226 g/mol. The molecule has 8 nitrogen and oxygen atoms in total. The summed E-state index contributed by atoms with van der Waals surface area (Å²) in [5.41, 5.74) is -0.0535. The monoisotopic (exact) mass is 235 g/mol. The number of nitrogens with one attached hydrogen (secondary N) is 1. The maximum Gasteiger partial charge on any atom is 0.325 e. The SMILES string of the molecule is O=C(O)Cn1nnc2c(=O)[nH]c(C3CC3)nc21. The predicted molar refractivity (Wildman–Crippen MR) is 55.6 cm³/mol. The first kappa shape index (κ1) is 9.94. The third-order valence-corrected chi connectivity index (χ3v) is 2.64. The normalized spacial score (nSPS) is 15.3. The molecule has 0 saturated heterocycles. The molecule has 88 valence electrons. The van der Waals surface area contributed by atoms with Gasteiger partial charge in [-0.2, -0.15) is 0 Å². The molecule has 3 rings (SSSR count). The van der Waals surface area contributed by atoms with Gasteiger partial charge in [-0.15, -0.1) is 5.10 Å². The van der Waals surface area contributed by atoms with E-state index in [2.05, 4.69) is 20.3 Å². The van der Waals surface area contributed by atoms with Crippen molar-refractivity contribution in [1.29, 1.82) is 0 Å². The van der Waals surface area contributed by atoms with Gasteiger partial charge < -0.3 is 10.1 Å². The Morgan fingerprint density at radius 1 is 1.53 bits per heavy atom. The average Bonchev–Trinajstić information content (AvgIpc) is 3.03. The zero-order chi connectivity index (χ0) is 12.0. The Morgan fingerprint density at radius 2 is 2.29 bits per heavy atom. The summed E-state index contributed by atoms with van der Waals surface area (Å²) < 4.78 is 1.12. The third-order valence-electron chi connectivity index (χ3n) is 2.64. The minimum Gasteiger partial charge on any atom is -0.480 e. The molecule has 0 radical (unpaired) electrons. The zero-order valence-electron chi connectivity index (χ0n) is 8.75. The Morgan fingerprint density at radius 3 is 2.94 bits per heavy atom. The van der Waals surface area contributed by atoms with Crippen LogP contribution in [0.4, 0.5) is 0 Å². The lowest BCUT2D eigenvalue weighted by Crippen LogP contribution is -2.14. The second kappa shape index (κ2) is 3.37. The highest BCUT2D eigenvalue weighted by Gasteiger charge is 2.27. The number of hydrogen-bond acceptors (Lipinski definition) is 5. The van der Waals surface area contributed by atoms with Crippen LogP contribution < -0.4 is 5.56 Å². The van der Waals surface area contributed by atoms with Gasteiger partial charge >= 0.3 is 5.97 Å². The van der Waals surface area contributed by atoms with E-state index in [0.29, 0.717) is 5.82 Å². The van der Waals surface area contributed by atoms with Crippen molar-refractivity contribution in [2.45, 2.75) is 25.3 Å². The van der Waals surface area contributed by atoms with Gasteiger partial charge in [0, 0.05) is 5.92 Å². The molecule has 0 amide bonds. The number of rotatable bonds is 3. The van der Waals surface area contributed by atoms with Gasteiger partial charge in [0.05, 0.1) is 0 Å². The van der Waals surface area contributed by atoms with E-state index in [1.807, 2.05) is 0 Å². The fourth-order valence-corrected chi connectivity index (χ4v) is 1.67. The van der Waals surface area contributed by atoms with Crippen LogP contribution in [0.5, 0.6) is 0 Å². The summed E-state index contributed by atoms with van der Waals surface area (Å²) in [6.07, 6.45) is 1.99. The summed E-state index contributed by atoms with van der Waals surface area (Å²) in [6.45, 7) is -0.350. The maximum absolute atomic E-state index is 11.7. The van der Waals surface area contributed by atoms with Crippen LogP contribution in [0.25, 0.3) is 11.2 Å². The Labute approximate surface area is 94.3 Å². The van der Waals surface area contributed by atoms with Crippen LogP contribution in [0, 0.1) is 0 Å². The number of nitrogens with zero attached hydrogens (tertiary/aromatic N) is 4. The number of aromatic nitrogens is 5. The van der Waals surface area contributed by atoms with Gasteiger partial charge in [0.2, 0.25) is 0 Å². The number of carbonyl (C=O) groups is 1. The lowest BCUT2D eigenvalue weighted by molar-refractivity contribution is -0.137. The van der Waals surface area contributed by atoms with Crippen molar-refractivity contribution < 1.29 is 9.90 Å². The van der Waals surface area contributed by atoms with Crippen LogP contribution in [0.15, 0.2) is 4.79 Å². The second-order valence-corrected chi connectivity index (χ2v) is 4.04. The summed E-state index contributed by atoms with van der Waals surface area (Å²) in [5, 5.41) is 16.0. The van der Waals surface area contributed by atoms with E-state index in [-0.39, 0.29) is 29.2 Å². The van der Waals surface area contributed by atoms with Crippen LogP contribution >= 0.6 is 0 Å². The first-order valence-electron chi connectivity index (χ1n) is 5.20. The number of H-pyrrole nitrogens is 1. The molecule has 0 spiro atoms. The number of aromatic amines is 1. The topological polar surface area (TPSA) is 114 Å². The number of fused-ring (bicyclic) bond motifs is 1. The second-order valence-electron chi connectivity index (χ2n) is 4.04. The molecule has 0 atom stereocenters.